The summed E-state index contributed by atoms with van der Waals surface area (Å²) in [4.78, 5) is 11.3. The minimum atomic E-state index is -1.01. The molecule has 4 heteroatoms. The average Bonchev–Trinajstić information content (AvgIpc) is 3.04. The summed E-state index contributed by atoms with van der Waals surface area (Å²) in [6, 6.07) is 3.83. The van der Waals surface area contributed by atoms with Crippen molar-refractivity contribution >= 4 is 0 Å². The highest BCUT2D eigenvalue weighted by molar-refractivity contribution is 5.37. The van der Waals surface area contributed by atoms with Crippen molar-refractivity contribution in [3.8, 4) is 11.5 Å². The molecule has 0 aliphatic heterocycles. The largest absolute Gasteiger partial charge is 0.501 e. The van der Waals surface area contributed by atoms with Gasteiger partial charge < -0.3 is 9.84 Å². The first-order valence-corrected chi connectivity index (χ1v) is 5.78. The molecular weight excluding hydrogens is 223 g/mol. The van der Waals surface area contributed by atoms with E-state index >= 15 is 0 Å². The van der Waals surface area contributed by atoms with Crippen LogP contribution in [0.15, 0.2) is 23.0 Å². The molecule has 0 radical (unpaired) electrons. The van der Waals surface area contributed by atoms with Crippen LogP contribution in [0.5, 0.6) is 11.5 Å². The Morgan fingerprint density at radius 1 is 1.35 bits per heavy atom. The molecule has 0 amide bonds. The van der Waals surface area contributed by atoms with E-state index in [9.17, 15) is 14.3 Å². The van der Waals surface area contributed by atoms with Gasteiger partial charge in [-0.25, -0.2) is 4.39 Å². The molecule has 1 aromatic rings. The first-order valence-electron chi connectivity index (χ1n) is 5.78. The van der Waals surface area contributed by atoms with Crippen molar-refractivity contribution in [1.82, 2.24) is 0 Å². The quantitative estimate of drug-likeness (QED) is 0.856. The molecule has 0 aromatic heterocycles. The second-order valence-corrected chi connectivity index (χ2v) is 5.06. The lowest BCUT2D eigenvalue weighted by Gasteiger charge is -2.35. The highest BCUT2D eigenvalue weighted by Gasteiger charge is 2.54. The molecule has 2 fully saturated rings. The highest BCUT2D eigenvalue weighted by atomic mass is 19.1. The minimum Gasteiger partial charge on any atom is -0.501 e. The van der Waals surface area contributed by atoms with E-state index in [4.69, 9.17) is 4.74 Å². The third-order valence-corrected chi connectivity index (χ3v) is 3.73. The van der Waals surface area contributed by atoms with E-state index in [0.717, 1.165) is 18.9 Å². The van der Waals surface area contributed by atoms with E-state index in [1.807, 2.05) is 0 Å². The Hall–Kier alpha value is -1.58. The lowest BCUT2D eigenvalue weighted by atomic mass is 9.79. The van der Waals surface area contributed by atoms with Crippen molar-refractivity contribution in [2.75, 3.05) is 0 Å². The smallest absolute Gasteiger partial charge is 0.259 e. The molecule has 1 N–H and O–H groups in total. The summed E-state index contributed by atoms with van der Waals surface area (Å²) in [7, 11) is 0. The van der Waals surface area contributed by atoms with Gasteiger partial charge in [0.15, 0.2) is 11.6 Å². The van der Waals surface area contributed by atoms with Crippen molar-refractivity contribution in [3.63, 3.8) is 0 Å². The Morgan fingerprint density at radius 2 is 2.06 bits per heavy atom. The van der Waals surface area contributed by atoms with E-state index in [0.29, 0.717) is 5.41 Å². The Bertz CT molecular complexity index is 515. The van der Waals surface area contributed by atoms with E-state index in [1.54, 1.807) is 0 Å². The van der Waals surface area contributed by atoms with Crippen molar-refractivity contribution in [2.45, 2.75) is 31.8 Å². The molecule has 3 rings (SSSR count). The number of aromatic hydroxyl groups is 1. The summed E-state index contributed by atoms with van der Waals surface area (Å²) in [5.74, 6) is -1.52. The Kier molecular flexibility index (Phi) is 2.15. The van der Waals surface area contributed by atoms with Crippen LogP contribution in [-0.4, -0.2) is 11.2 Å². The van der Waals surface area contributed by atoms with Gasteiger partial charge in [0, 0.05) is 0 Å². The number of rotatable bonds is 2. The highest BCUT2D eigenvalue weighted by Crippen LogP contribution is 2.61. The predicted molar refractivity (Wildman–Crippen MR) is 59.7 cm³/mol. The number of halogens is 1. The third-order valence-electron chi connectivity index (χ3n) is 3.73. The van der Waals surface area contributed by atoms with Crippen LogP contribution < -0.4 is 10.2 Å². The summed E-state index contributed by atoms with van der Waals surface area (Å²) in [6.45, 7) is 0. The minimum absolute atomic E-state index is 0.0493. The molecule has 90 valence electrons. The lowest BCUT2D eigenvalue weighted by molar-refractivity contribution is 0.0482. The van der Waals surface area contributed by atoms with Crippen LogP contribution in [0, 0.1) is 11.2 Å². The summed E-state index contributed by atoms with van der Waals surface area (Å²) in [5, 5.41) is 9.58. The molecule has 2 aliphatic rings. The zero-order chi connectivity index (χ0) is 12.0. The second-order valence-electron chi connectivity index (χ2n) is 5.06. The molecule has 0 bridgehead atoms. The monoisotopic (exact) mass is 236 g/mol. The molecule has 0 saturated heterocycles. The summed E-state index contributed by atoms with van der Waals surface area (Å²) < 4.78 is 18.6. The van der Waals surface area contributed by atoms with E-state index in [1.165, 1.54) is 25.0 Å². The molecule has 2 aliphatic carbocycles. The molecule has 1 spiro atoms. The lowest BCUT2D eigenvalue weighted by Crippen LogP contribution is -2.35. The van der Waals surface area contributed by atoms with Crippen molar-refractivity contribution < 1.29 is 14.2 Å². The molecule has 2 saturated carbocycles. The van der Waals surface area contributed by atoms with E-state index in [-0.39, 0.29) is 11.9 Å². The van der Waals surface area contributed by atoms with Crippen molar-refractivity contribution in [3.05, 3.63) is 34.2 Å². The van der Waals surface area contributed by atoms with Gasteiger partial charge in [-0.15, -0.1) is 0 Å². The molecule has 1 aromatic carbocycles. The van der Waals surface area contributed by atoms with Crippen LogP contribution in [0.1, 0.15) is 25.7 Å². The predicted octanol–water partition coefficient (Wildman–Crippen LogP) is 2.21. The van der Waals surface area contributed by atoms with Crippen LogP contribution >= 0.6 is 0 Å². The second kappa shape index (κ2) is 3.45. The maximum absolute atomic E-state index is 13.0. The van der Waals surface area contributed by atoms with Gasteiger partial charge in [0.05, 0.1) is 6.10 Å². The maximum atomic E-state index is 13.0. The van der Waals surface area contributed by atoms with Gasteiger partial charge in [-0.3, -0.25) is 4.79 Å². The summed E-state index contributed by atoms with van der Waals surface area (Å²) in [5.41, 5.74) is -0.520. The van der Waals surface area contributed by atoms with Crippen LogP contribution in [0.25, 0.3) is 0 Å². The van der Waals surface area contributed by atoms with Crippen molar-refractivity contribution in [1.29, 1.82) is 0 Å². The van der Waals surface area contributed by atoms with Crippen LogP contribution in [-0.2, 0) is 0 Å². The molecule has 17 heavy (non-hydrogen) atoms. The fourth-order valence-corrected chi connectivity index (χ4v) is 2.45. The first-order chi connectivity index (χ1) is 8.10. The Labute approximate surface area is 97.9 Å². The topological polar surface area (TPSA) is 46.5 Å². The fraction of sp³-hybridized carbons (Fsp3) is 0.462. The molecule has 0 unspecified atom stereocenters. The zero-order valence-electron chi connectivity index (χ0n) is 9.28. The van der Waals surface area contributed by atoms with Gasteiger partial charge in [-0.2, -0.15) is 0 Å². The third kappa shape index (κ3) is 1.77. The summed E-state index contributed by atoms with van der Waals surface area (Å²) >= 11 is 0. The molecule has 3 nitrogen and oxygen atoms in total. The number of ether oxygens (including phenoxy) is 1. The first kappa shape index (κ1) is 10.6. The summed E-state index contributed by atoms with van der Waals surface area (Å²) in [6.07, 6.45) is 4.50. The van der Waals surface area contributed by atoms with Gasteiger partial charge in [0.2, 0.25) is 5.75 Å². The molecular formula is C13H13FO3. The van der Waals surface area contributed by atoms with Crippen LogP contribution in [0.2, 0.25) is 0 Å². The molecule has 0 atom stereocenters. The van der Waals surface area contributed by atoms with Crippen LogP contribution in [0.4, 0.5) is 4.39 Å². The SMILES string of the molecule is O=c1c(F)cccc(OC2CC3(CC3)C2)c1O. The maximum Gasteiger partial charge on any atom is 0.259 e. The van der Waals surface area contributed by atoms with E-state index in [2.05, 4.69) is 0 Å². The van der Waals surface area contributed by atoms with Gasteiger partial charge in [-0.1, -0.05) is 6.07 Å². The van der Waals surface area contributed by atoms with Gasteiger partial charge >= 0.3 is 0 Å². The zero-order valence-corrected chi connectivity index (χ0v) is 9.28. The average molecular weight is 236 g/mol. The van der Waals surface area contributed by atoms with E-state index < -0.39 is 17.0 Å². The van der Waals surface area contributed by atoms with Crippen molar-refractivity contribution in [2.24, 2.45) is 5.41 Å². The van der Waals surface area contributed by atoms with Gasteiger partial charge in [0.25, 0.3) is 5.43 Å². The Balaban J connectivity index is 1.81. The standard InChI is InChI=1S/C13H13FO3/c14-9-2-1-3-10(12(16)11(9)15)17-8-6-13(7-8)4-5-13/h1-3,8H,4-7H2,(H,15,16). The van der Waals surface area contributed by atoms with Gasteiger partial charge in [0.1, 0.15) is 0 Å². The number of hydrogen-bond acceptors (Lipinski definition) is 3. The number of hydrogen-bond donors (Lipinski definition) is 1. The molecule has 0 heterocycles. The fourth-order valence-electron chi connectivity index (χ4n) is 2.45. The Morgan fingerprint density at radius 3 is 2.71 bits per heavy atom. The van der Waals surface area contributed by atoms with Gasteiger partial charge in [-0.05, 0) is 43.2 Å². The van der Waals surface area contributed by atoms with Crippen LogP contribution in [0.3, 0.4) is 0 Å². The normalized spacial score (nSPS) is 21.0.